The van der Waals surface area contributed by atoms with E-state index >= 15 is 0 Å². The third-order valence-corrected chi connectivity index (χ3v) is 3.04. The molecule has 11 heavy (non-hydrogen) atoms. The van der Waals surface area contributed by atoms with E-state index in [0.29, 0.717) is 5.41 Å². The van der Waals surface area contributed by atoms with E-state index in [0.717, 1.165) is 11.8 Å². The molecule has 0 radical (unpaired) electrons. The molecule has 64 valence electrons. The van der Waals surface area contributed by atoms with E-state index in [4.69, 9.17) is 0 Å². The first-order valence-corrected chi connectivity index (χ1v) is 4.62. The summed E-state index contributed by atoms with van der Waals surface area (Å²) in [6.45, 7) is 11.6. The van der Waals surface area contributed by atoms with E-state index in [1.807, 2.05) is 0 Å². The van der Waals surface area contributed by atoms with Crippen LogP contribution in [-0.4, -0.2) is 0 Å². The van der Waals surface area contributed by atoms with Crippen molar-refractivity contribution in [3.8, 4) is 0 Å². The maximum atomic E-state index is 2.44. The summed E-state index contributed by atoms with van der Waals surface area (Å²) >= 11 is 0. The van der Waals surface area contributed by atoms with Gasteiger partial charge in [-0.25, -0.2) is 0 Å². The van der Waals surface area contributed by atoms with Crippen molar-refractivity contribution >= 4 is 0 Å². The highest BCUT2D eigenvalue weighted by Gasteiger charge is 2.28. The van der Waals surface area contributed by atoms with Gasteiger partial charge in [0, 0.05) is 0 Å². The maximum Gasteiger partial charge on any atom is -0.0169 e. The van der Waals surface area contributed by atoms with E-state index in [-0.39, 0.29) is 0 Å². The van der Waals surface area contributed by atoms with Crippen molar-refractivity contribution in [2.45, 2.75) is 41.0 Å². The summed E-state index contributed by atoms with van der Waals surface area (Å²) in [7, 11) is 0. The van der Waals surface area contributed by atoms with Crippen LogP contribution < -0.4 is 0 Å². The van der Waals surface area contributed by atoms with Gasteiger partial charge >= 0.3 is 0 Å². The second-order valence-corrected chi connectivity index (χ2v) is 4.85. The van der Waals surface area contributed by atoms with Gasteiger partial charge in [-0.05, 0) is 30.6 Å². The van der Waals surface area contributed by atoms with E-state index in [9.17, 15) is 0 Å². The molecule has 0 nitrogen and oxygen atoms in total. The summed E-state index contributed by atoms with van der Waals surface area (Å²) in [5.41, 5.74) is 2.02. The molecule has 0 bridgehead atoms. The molecule has 2 unspecified atom stereocenters. The van der Waals surface area contributed by atoms with Gasteiger partial charge in [-0.2, -0.15) is 0 Å². The van der Waals surface area contributed by atoms with Crippen LogP contribution in [0.1, 0.15) is 41.0 Å². The first-order valence-electron chi connectivity index (χ1n) is 4.62. The molecule has 0 N–H and O–H groups in total. The number of allylic oxidation sites excluding steroid dienone is 2. The molecular weight excluding hydrogens is 132 g/mol. The molecule has 0 spiro atoms. The normalized spacial score (nSPS) is 36.6. The Morgan fingerprint density at radius 1 is 1.36 bits per heavy atom. The van der Waals surface area contributed by atoms with Gasteiger partial charge in [0.15, 0.2) is 0 Å². The predicted molar refractivity (Wildman–Crippen MR) is 50.5 cm³/mol. The van der Waals surface area contributed by atoms with Gasteiger partial charge in [0.05, 0.1) is 0 Å². The minimum absolute atomic E-state index is 0.440. The van der Waals surface area contributed by atoms with Crippen molar-refractivity contribution in [2.24, 2.45) is 17.3 Å². The first kappa shape index (κ1) is 8.83. The second-order valence-electron chi connectivity index (χ2n) is 4.85. The molecule has 0 aromatic heterocycles. The summed E-state index contributed by atoms with van der Waals surface area (Å²) in [5, 5.41) is 0. The van der Waals surface area contributed by atoms with Crippen LogP contribution in [-0.2, 0) is 0 Å². The zero-order valence-electron chi connectivity index (χ0n) is 8.44. The predicted octanol–water partition coefficient (Wildman–Crippen LogP) is 3.63. The second kappa shape index (κ2) is 2.66. The van der Waals surface area contributed by atoms with Gasteiger partial charge in [-0.1, -0.05) is 39.3 Å². The molecule has 0 heteroatoms. The van der Waals surface area contributed by atoms with Gasteiger partial charge in [-0.3, -0.25) is 0 Å². The Bertz CT molecular complexity index is 174. The zero-order chi connectivity index (χ0) is 8.65. The van der Waals surface area contributed by atoms with Crippen molar-refractivity contribution < 1.29 is 0 Å². The van der Waals surface area contributed by atoms with Crippen LogP contribution >= 0.6 is 0 Å². The third kappa shape index (κ3) is 1.85. The van der Waals surface area contributed by atoms with Gasteiger partial charge < -0.3 is 0 Å². The Labute approximate surface area is 70.7 Å². The van der Waals surface area contributed by atoms with Crippen molar-refractivity contribution in [3.05, 3.63) is 11.6 Å². The Morgan fingerprint density at radius 3 is 2.36 bits per heavy atom. The van der Waals surface area contributed by atoms with Crippen LogP contribution in [0, 0.1) is 17.3 Å². The Balaban J connectivity index is 2.85. The van der Waals surface area contributed by atoms with Crippen LogP contribution in [0.5, 0.6) is 0 Å². The highest BCUT2D eigenvalue weighted by Crippen LogP contribution is 2.39. The Morgan fingerprint density at radius 2 is 1.91 bits per heavy atom. The highest BCUT2D eigenvalue weighted by atomic mass is 14.3. The average molecular weight is 152 g/mol. The van der Waals surface area contributed by atoms with E-state index in [1.165, 1.54) is 6.42 Å². The lowest BCUT2D eigenvalue weighted by atomic mass is 9.70. The molecule has 0 aliphatic heterocycles. The fourth-order valence-electron chi connectivity index (χ4n) is 2.26. The van der Waals surface area contributed by atoms with Crippen LogP contribution in [0.2, 0.25) is 0 Å². The fraction of sp³-hybridized carbons (Fsp3) is 0.818. The van der Waals surface area contributed by atoms with E-state index in [2.05, 4.69) is 40.7 Å². The lowest BCUT2D eigenvalue weighted by molar-refractivity contribution is 0.269. The Kier molecular flexibility index (Phi) is 2.13. The molecule has 0 saturated carbocycles. The minimum Gasteiger partial charge on any atom is -0.0796 e. The van der Waals surface area contributed by atoms with Gasteiger partial charge in [0.25, 0.3) is 0 Å². The molecular formula is C11H20. The smallest absolute Gasteiger partial charge is 0.0169 e. The standard InChI is InChI=1S/C11H20/c1-8-6-11(4,5)7-9(2)10(8)3/h6,9-10H,7H2,1-5H3. The molecule has 0 fully saturated rings. The van der Waals surface area contributed by atoms with Crippen LogP contribution in [0.4, 0.5) is 0 Å². The van der Waals surface area contributed by atoms with Crippen LogP contribution in [0.25, 0.3) is 0 Å². The number of hydrogen-bond acceptors (Lipinski definition) is 0. The summed E-state index contributed by atoms with van der Waals surface area (Å²) in [6, 6.07) is 0. The molecule has 0 amide bonds. The largest absolute Gasteiger partial charge is 0.0796 e. The van der Waals surface area contributed by atoms with Gasteiger partial charge in [0.1, 0.15) is 0 Å². The molecule has 0 aromatic carbocycles. The van der Waals surface area contributed by atoms with Crippen molar-refractivity contribution in [1.82, 2.24) is 0 Å². The monoisotopic (exact) mass is 152 g/mol. The topological polar surface area (TPSA) is 0 Å². The van der Waals surface area contributed by atoms with E-state index in [1.54, 1.807) is 5.57 Å². The lowest BCUT2D eigenvalue weighted by Crippen LogP contribution is -2.24. The molecule has 0 saturated heterocycles. The fourth-order valence-corrected chi connectivity index (χ4v) is 2.26. The van der Waals surface area contributed by atoms with Crippen LogP contribution in [0.15, 0.2) is 11.6 Å². The van der Waals surface area contributed by atoms with Crippen molar-refractivity contribution in [1.29, 1.82) is 0 Å². The first-order chi connectivity index (χ1) is 4.92. The number of rotatable bonds is 0. The lowest BCUT2D eigenvalue weighted by Gasteiger charge is -2.35. The highest BCUT2D eigenvalue weighted by molar-refractivity contribution is 5.13. The summed E-state index contributed by atoms with van der Waals surface area (Å²) in [6.07, 6.45) is 3.78. The van der Waals surface area contributed by atoms with Crippen molar-refractivity contribution in [2.75, 3.05) is 0 Å². The zero-order valence-corrected chi connectivity index (χ0v) is 8.44. The molecule has 1 aliphatic carbocycles. The molecule has 0 heterocycles. The Hall–Kier alpha value is -0.260. The summed E-state index contributed by atoms with van der Waals surface area (Å²) < 4.78 is 0. The SMILES string of the molecule is CC1=CC(C)(C)CC(C)C1C. The molecule has 2 atom stereocenters. The maximum absolute atomic E-state index is 2.44. The van der Waals surface area contributed by atoms with Gasteiger partial charge in [-0.15, -0.1) is 0 Å². The van der Waals surface area contributed by atoms with Gasteiger partial charge in [0.2, 0.25) is 0 Å². The minimum atomic E-state index is 0.440. The molecule has 1 rings (SSSR count). The molecule has 1 aliphatic rings. The summed E-state index contributed by atoms with van der Waals surface area (Å²) in [4.78, 5) is 0. The average Bonchev–Trinajstić information content (AvgIpc) is 1.81. The quantitative estimate of drug-likeness (QED) is 0.465. The third-order valence-electron chi connectivity index (χ3n) is 3.04. The number of hydrogen-bond donors (Lipinski definition) is 0. The molecule has 0 aromatic rings. The van der Waals surface area contributed by atoms with Crippen molar-refractivity contribution in [3.63, 3.8) is 0 Å². The summed E-state index contributed by atoms with van der Waals surface area (Å²) in [5.74, 6) is 1.65. The van der Waals surface area contributed by atoms with Crippen LogP contribution in [0.3, 0.4) is 0 Å². The van der Waals surface area contributed by atoms with E-state index < -0.39 is 0 Å².